The number of allylic oxidation sites excluding steroid dienone is 1. The molecule has 0 aliphatic carbocycles. The summed E-state index contributed by atoms with van der Waals surface area (Å²) in [7, 11) is 1.54. The molecule has 0 aliphatic heterocycles. The van der Waals surface area contributed by atoms with E-state index >= 15 is 0 Å². The van der Waals surface area contributed by atoms with Crippen LogP contribution in [-0.2, 0) is 6.61 Å². The highest BCUT2D eigenvalue weighted by Gasteiger charge is 2.14. The number of imidazole rings is 1. The first-order chi connectivity index (χ1) is 15.1. The number of nitrogens with zero attached hydrogens (tertiary/aromatic N) is 2. The van der Waals surface area contributed by atoms with Crippen molar-refractivity contribution in [3.63, 3.8) is 0 Å². The van der Waals surface area contributed by atoms with Crippen LogP contribution in [0.25, 0.3) is 22.7 Å². The predicted octanol–water partition coefficient (Wildman–Crippen LogP) is 6.52. The third-order valence-electron chi connectivity index (χ3n) is 4.62. The number of H-pyrrole nitrogens is 1. The average Bonchev–Trinajstić information content (AvgIpc) is 3.21. The van der Waals surface area contributed by atoms with E-state index in [1.807, 2.05) is 36.4 Å². The van der Waals surface area contributed by atoms with Crippen LogP contribution in [0.5, 0.6) is 11.5 Å². The fourth-order valence-corrected chi connectivity index (χ4v) is 3.50. The minimum Gasteiger partial charge on any atom is -0.493 e. The number of ether oxygens (including phenoxy) is 2. The molecule has 154 valence electrons. The van der Waals surface area contributed by atoms with E-state index in [2.05, 4.69) is 16.0 Å². The Hall–Kier alpha value is -3.46. The zero-order chi connectivity index (χ0) is 21.8. The van der Waals surface area contributed by atoms with Gasteiger partial charge >= 0.3 is 0 Å². The Bertz CT molecular complexity index is 1270. The zero-order valence-electron chi connectivity index (χ0n) is 16.5. The van der Waals surface area contributed by atoms with Gasteiger partial charge in [0.25, 0.3) is 0 Å². The molecule has 0 saturated carbocycles. The highest BCUT2D eigenvalue weighted by Crippen LogP contribution is 2.38. The van der Waals surface area contributed by atoms with Gasteiger partial charge < -0.3 is 14.5 Å². The quantitative estimate of drug-likeness (QED) is 0.340. The van der Waals surface area contributed by atoms with Gasteiger partial charge in [0.05, 0.1) is 28.7 Å². The predicted molar refractivity (Wildman–Crippen MR) is 123 cm³/mol. The molecule has 31 heavy (non-hydrogen) atoms. The summed E-state index contributed by atoms with van der Waals surface area (Å²) in [6, 6.07) is 20.7. The number of rotatable bonds is 6. The van der Waals surface area contributed by atoms with Gasteiger partial charge in [0.2, 0.25) is 0 Å². The molecule has 4 aromatic rings. The van der Waals surface area contributed by atoms with E-state index in [1.54, 1.807) is 37.5 Å². The Balaban J connectivity index is 1.63. The largest absolute Gasteiger partial charge is 0.493 e. The lowest BCUT2D eigenvalue weighted by atomic mass is 10.1. The first-order valence-electron chi connectivity index (χ1n) is 9.39. The molecule has 1 N–H and O–H groups in total. The molecule has 7 heteroatoms. The summed E-state index contributed by atoms with van der Waals surface area (Å²) < 4.78 is 11.4. The molecule has 4 rings (SSSR count). The van der Waals surface area contributed by atoms with Crippen LogP contribution in [0.15, 0.2) is 60.7 Å². The molecule has 0 aliphatic rings. The third-order valence-corrected chi connectivity index (χ3v) is 5.16. The topological polar surface area (TPSA) is 70.9 Å². The SMILES string of the molecule is COc1cc(/C=C(/C#N)c2nc3ccccc3[nH]2)cc(Cl)c1OCc1ccc(Cl)cc1. The van der Waals surface area contributed by atoms with Crippen LogP contribution >= 0.6 is 23.2 Å². The monoisotopic (exact) mass is 449 g/mol. The third kappa shape index (κ3) is 4.66. The number of nitriles is 1. The first-order valence-corrected chi connectivity index (χ1v) is 10.1. The van der Waals surface area contributed by atoms with Crippen LogP contribution in [-0.4, -0.2) is 17.1 Å². The molecule has 0 atom stereocenters. The smallest absolute Gasteiger partial charge is 0.180 e. The number of para-hydroxylation sites is 2. The fourth-order valence-electron chi connectivity index (χ4n) is 3.10. The van der Waals surface area contributed by atoms with Crippen LogP contribution in [0.2, 0.25) is 10.0 Å². The maximum absolute atomic E-state index is 9.67. The number of fused-ring (bicyclic) bond motifs is 1. The van der Waals surface area contributed by atoms with Crippen molar-refractivity contribution in [3.8, 4) is 17.6 Å². The molecule has 0 amide bonds. The number of hydrogen-bond acceptors (Lipinski definition) is 4. The van der Waals surface area contributed by atoms with Crippen LogP contribution < -0.4 is 9.47 Å². The van der Waals surface area contributed by atoms with Gasteiger partial charge in [-0.3, -0.25) is 0 Å². The Morgan fingerprint density at radius 3 is 2.61 bits per heavy atom. The van der Waals surface area contributed by atoms with Gasteiger partial charge in [-0.25, -0.2) is 4.98 Å². The van der Waals surface area contributed by atoms with Crippen molar-refractivity contribution in [1.82, 2.24) is 9.97 Å². The summed E-state index contributed by atoms with van der Waals surface area (Å²) in [5.41, 5.74) is 3.67. The van der Waals surface area contributed by atoms with Crippen LogP contribution in [0.1, 0.15) is 17.0 Å². The van der Waals surface area contributed by atoms with Crippen LogP contribution in [0.3, 0.4) is 0 Å². The Labute approximate surface area is 189 Å². The molecule has 0 bridgehead atoms. The summed E-state index contributed by atoms with van der Waals surface area (Å²) in [5.74, 6) is 1.38. The summed E-state index contributed by atoms with van der Waals surface area (Å²) in [4.78, 5) is 7.65. The normalized spacial score (nSPS) is 11.4. The zero-order valence-corrected chi connectivity index (χ0v) is 18.0. The van der Waals surface area contributed by atoms with Crippen LogP contribution in [0, 0.1) is 11.3 Å². The highest BCUT2D eigenvalue weighted by atomic mass is 35.5. The number of methoxy groups -OCH3 is 1. The van der Waals surface area contributed by atoms with Gasteiger partial charge in [0.1, 0.15) is 18.5 Å². The van der Waals surface area contributed by atoms with Gasteiger partial charge in [0, 0.05) is 5.02 Å². The van der Waals surface area contributed by atoms with E-state index in [0.717, 1.165) is 16.6 Å². The first kappa shape index (κ1) is 20.8. The number of halogens is 2. The molecule has 0 saturated heterocycles. The number of nitrogens with one attached hydrogen (secondary N) is 1. The van der Waals surface area contributed by atoms with Gasteiger partial charge in [0.15, 0.2) is 11.5 Å². The molecule has 0 fully saturated rings. The minimum absolute atomic E-state index is 0.310. The Kier molecular flexibility index (Phi) is 6.13. The maximum Gasteiger partial charge on any atom is 0.180 e. The number of aromatic nitrogens is 2. The van der Waals surface area contributed by atoms with E-state index < -0.39 is 0 Å². The number of benzene rings is 3. The average molecular weight is 450 g/mol. The molecule has 1 aromatic heterocycles. The van der Waals surface area contributed by atoms with E-state index in [9.17, 15) is 5.26 Å². The van der Waals surface area contributed by atoms with Crippen molar-refractivity contribution in [3.05, 3.63) is 87.7 Å². The summed E-state index contributed by atoms with van der Waals surface area (Å²) in [5, 5.41) is 10.7. The standard InChI is InChI=1S/C24H17Cl2N3O2/c1-30-22-12-16(10-17(13-27)24-28-20-4-2-3-5-21(20)29-24)11-19(26)23(22)31-14-15-6-8-18(25)9-7-15/h2-12H,14H2,1H3,(H,28,29)/b17-10-. The van der Waals surface area contributed by atoms with Gasteiger partial charge in [-0.05, 0) is 53.6 Å². The molecule has 0 radical (unpaired) electrons. The van der Waals surface area contributed by atoms with E-state index in [-0.39, 0.29) is 0 Å². The molecule has 1 heterocycles. The molecule has 5 nitrogen and oxygen atoms in total. The van der Waals surface area contributed by atoms with Crippen molar-refractivity contribution < 1.29 is 9.47 Å². The minimum atomic E-state index is 0.310. The number of hydrogen-bond donors (Lipinski definition) is 1. The number of aromatic amines is 1. The second-order valence-corrected chi connectivity index (χ2v) is 7.57. The van der Waals surface area contributed by atoms with Crippen molar-refractivity contribution in [2.75, 3.05) is 7.11 Å². The Morgan fingerprint density at radius 2 is 1.90 bits per heavy atom. The lowest BCUT2D eigenvalue weighted by molar-refractivity contribution is 0.284. The maximum atomic E-state index is 9.67. The van der Waals surface area contributed by atoms with Crippen LogP contribution in [0.4, 0.5) is 0 Å². The van der Waals surface area contributed by atoms with Crippen molar-refractivity contribution in [2.45, 2.75) is 6.61 Å². The van der Waals surface area contributed by atoms with Crippen molar-refractivity contribution in [1.29, 1.82) is 5.26 Å². The highest BCUT2D eigenvalue weighted by molar-refractivity contribution is 6.32. The van der Waals surface area contributed by atoms with E-state index in [4.69, 9.17) is 32.7 Å². The molecular formula is C24H17Cl2N3O2. The lowest BCUT2D eigenvalue weighted by Gasteiger charge is -2.13. The second kappa shape index (κ2) is 9.13. The second-order valence-electron chi connectivity index (χ2n) is 6.72. The fraction of sp³-hybridized carbons (Fsp3) is 0.0833. The van der Waals surface area contributed by atoms with Gasteiger partial charge in [-0.1, -0.05) is 47.5 Å². The molecule has 0 unspecified atom stereocenters. The van der Waals surface area contributed by atoms with Gasteiger partial charge in [-0.2, -0.15) is 5.26 Å². The summed E-state index contributed by atoms with van der Waals surface area (Å²) in [6.07, 6.45) is 1.70. The van der Waals surface area contributed by atoms with E-state index in [1.165, 1.54) is 0 Å². The van der Waals surface area contributed by atoms with Crippen molar-refractivity contribution in [2.24, 2.45) is 0 Å². The van der Waals surface area contributed by atoms with Gasteiger partial charge in [-0.15, -0.1) is 0 Å². The lowest BCUT2D eigenvalue weighted by Crippen LogP contribution is -1.99. The molecular weight excluding hydrogens is 433 g/mol. The van der Waals surface area contributed by atoms with E-state index in [0.29, 0.717) is 45.1 Å². The summed E-state index contributed by atoms with van der Waals surface area (Å²) in [6.45, 7) is 0.310. The van der Waals surface area contributed by atoms with Crippen molar-refractivity contribution >= 4 is 45.9 Å². The summed E-state index contributed by atoms with van der Waals surface area (Å²) >= 11 is 12.4. The Morgan fingerprint density at radius 1 is 1.13 bits per heavy atom. The molecule has 3 aromatic carbocycles. The molecule has 0 spiro atoms.